The van der Waals surface area contributed by atoms with Crippen molar-refractivity contribution < 1.29 is 13.2 Å². The molecule has 0 fully saturated rings. The van der Waals surface area contributed by atoms with Gasteiger partial charge in [0, 0.05) is 23.5 Å². The first-order valence-electron chi connectivity index (χ1n) is 7.90. The lowest BCUT2D eigenvalue weighted by molar-refractivity contribution is -0.121. The summed E-state index contributed by atoms with van der Waals surface area (Å²) in [5.41, 5.74) is 0.525. The van der Waals surface area contributed by atoms with Gasteiger partial charge in [0.2, 0.25) is 15.9 Å². The number of aryl methyl sites for hydroxylation is 1. The molecule has 0 saturated carbocycles. The zero-order valence-electron chi connectivity index (χ0n) is 13.4. The molecule has 0 aliphatic carbocycles. The second kappa shape index (κ2) is 9.44. The van der Waals surface area contributed by atoms with Gasteiger partial charge in [-0.3, -0.25) is 9.52 Å². The van der Waals surface area contributed by atoms with E-state index in [2.05, 4.69) is 16.1 Å². The topological polar surface area (TPSA) is 75.3 Å². The SMILES string of the molecule is O=C(CCCCc1cccs1)NCCS(=O)(=O)Nc1ccccc1. The molecule has 24 heavy (non-hydrogen) atoms. The molecule has 0 unspecified atom stereocenters. The number of thiophene rings is 1. The first-order valence-corrected chi connectivity index (χ1v) is 10.4. The summed E-state index contributed by atoms with van der Waals surface area (Å²) in [6, 6.07) is 12.8. The van der Waals surface area contributed by atoms with Crippen molar-refractivity contribution in [3.63, 3.8) is 0 Å². The molecule has 2 N–H and O–H groups in total. The van der Waals surface area contributed by atoms with Crippen LogP contribution >= 0.6 is 11.3 Å². The van der Waals surface area contributed by atoms with Gasteiger partial charge in [-0.1, -0.05) is 24.3 Å². The maximum absolute atomic E-state index is 11.9. The molecule has 2 aromatic rings. The van der Waals surface area contributed by atoms with E-state index in [1.165, 1.54) is 4.88 Å². The Hall–Kier alpha value is -1.86. The summed E-state index contributed by atoms with van der Waals surface area (Å²) in [6.45, 7) is 0.117. The van der Waals surface area contributed by atoms with Crippen LogP contribution in [0.25, 0.3) is 0 Å². The Balaban J connectivity index is 1.59. The van der Waals surface area contributed by atoms with E-state index >= 15 is 0 Å². The van der Waals surface area contributed by atoms with Crippen molar-refractivity contribution in [2.45, 2.75) is 25.7 Å². The Morgan fingerprint density at radius 1 is 1.04 bits per heavy atom. The summed E-state index contributed by atoms with van der Waals surface area (Å²) >= 11 is 1.72. The Morgan fingerprint density at radius 3 is 2.54 bits per heavy atom. The second-order valence-electron chi connectivity index (χ2n) is 5.42. The third-order valence-electron chi connectivity index (χ3n) is 3.40. The minimum absolute atomic E-state index is 0.101. The number of carbonyl (C=O) groups excluding carboxylic acids is 1. The van der Waals surface area contributed by atoms with Crippen molar-refractivity contribution in [2.24, 2.45) is 0 Å². The maximum Gasteiger partial charge on any atom is 0.234 e. The number of anilines is 1. The average Bonchev–Trinajstić information content (AvgIpc) is 3.05. The molecular weight excluding hydrogens is 344 g/mol. The fourth-order valence-electron chi connectivity index (χ4n) is 2.19. The van der Waals surface area contributed by atoms with Gasteiger partial charge < -0.3 is 5.32 Å². The molecule has 1 amide bonds. The molecule has 5 nitrogen and oxygen atoms in total. The summed E-state index contributed by atoms with van der Waals surface area (Å²) in [7, 11) is -3.45. The number of amides is 1. The predicted octanol–water partition coefficient (Wildman–Crippen LogP) is 3.02. The van der Waals surface area contributed by atoms with Gasteiger partial charge in [0.05, 0.1) is 5.75 Å². The summed E-state index contributed by atoms with van der Waals surface area (Å²) < 4.78 is 26.3. The number of hydrogen-bond acceptors (Lipinski definition) is 4. The van der Waals surface area contributed by atoms with Gasteiger partial charge in [-0.05, 0) is 42.8 Å². The van der Waals surface area contributed by atoms with E-state index in [1.54, 1.807) is 35.6 Å². The van der Waals surface area contributed by atoms with Gasteiger partial charge in [0.1, 0.15) is 0 Å². The molecule has 1 heterocycles. The third kappa shape index (κ3) is 7.14. The number of rotatable bonds is 10. The van der Waals surface area contributed by atoms with Crippen LogP contribution in [0.15, 0.2) is 47.8 Å². The van der Waals surface area contributed by atoms with E-state index in [0.717, 1.165) is 19.3 Å². The van der Waals surface area contributed by atoms with Gasteiger partial charge in [-0.15, -0.1) is 11.3 Å². The van der Waals surface area contributed by atoms with E-state index in [1.807, 2.05) is 17.5 Å². The van der Waals surface area contributed by atoms with Crippen LogP contribution in [0.3, 0.4) is 0 Å². The number of sulfonamides is 1. The highest BCUT2D eigenvalue weighted by atomic mass is 32.2. The number of unbranched alkanes of at least 4 members (excludes halogenated alkanes) is 1. The van der Waals surface area contributed by atoms with Crippen molar-refractivity contribution in [2.75, 3.05) is 17.0 Å². The summed E-state index contributed by atoms with van der Waals surface area (Å²) in [5, 5.41) is 4.71. The lowest BCUT2D eigenvalue weighted by atomic mass is 10.1. The Bertz CT molecular complexity index is 714. The third-order valence-corrected chi connectivity index (χ3v) is 5.62. The zero-order chi connectivity index (χ0) is 17.3. The van der Waals surface area contributed by atoms with E-state index in [0.29, 0.717) is 12.1 Å². The first kappa shape index (κ1) is 18.5. The lowest BCUT2D eigenvalue weighted by Crippen LogP contribution is -2.31. The van der Waals surface area contributed by atoms with Gasteiger partial charge in [0.15, 0.2) is 0 Å². The van der Waals surface area contributed by atoms with Crippen molar-refractivity contribution in [3.8, 4) is 0 Å². The molecule has 7 heteroatoms. The quantitative estimate of drug-likeness (QED) is 0.635. The number of benzene rings is 1. The van der Waals surface area contributed by atoms with Gasteiger partial charge in [-0.2, -0.15) is 0 Å². The summed E-state index contributed by atoms with van der Waals surface area (Å²) in [4.78, 5) is 13.1. The molecule has 2 rings (SSSR count). The summed E-state index contributed by atoms with van der Waals surface area (Å²) in [5.74, 6) is -0.237. The van der Waals surface area contributed by atoms with Gasteiger partial charge in [0.25, 0.3) is 0 Å². The molecule has 0 bridgehead atoms. The molecule has 0 atom stereocenters. The fourth-order valence-corrected chi connectivity index (χ4v) is 3.91. The molecule has 0 spiro atoms. The maximum atomic E-state index is 11.9. The molecule has 0 aliphatic heterocycles. The van der Waals surface area contributed by atoms with Crippen molar-refractivity contribution >= 4 is 33.0 Å². The van der Waals surface area contributed by atoms with Gasteiger partial charge >= 0.3 is 0 Å². The molecule has 130 valence electrons. The van der Waals surface area contributed by atoms with Crippen LogP contribution in [0.4, 0.5) is 5.69 Å². The Morgan fingerprint density at radius 2 is 1.83 bits per heavy atom. The van der Waals surface area contributed by atoms with E-state index in [9.17, 15) is 13.2 Å². The Kier molecular flexibility index (Phi) is 7.27. The van der Waals surface area contributed by atoms with Crippen molar-refractivity contribution in [1.29, 1.82) is 0 Å². The van der Waals surface area contributed by atoms with E-state index in [-0.39, 0.29) is 18.2 Å². The highest BCUT2D eigenvalue weighted by Gasteiger charge is 2.11. The number of hydrogen-bond donors (Lipinski definition) is 2. The molecule has 0 saturated heterocycles. The minimum Gasteiger partial charge on any atom is -0.355 e. The smallest absolute Gasteiger partial charge is 0.234 e. The molecule has 0 aliphatic rings. The zero-order valence-corrected chi connectivity index (χ0v) is 15.0. The minimum atomic E-state index is -3.45. The van der Waals surface area contributed by atoms with Crippen LogP contribution in [0, 0.1) is 0 Å². The van der Waals surface area contributed by atoms with Crippen LogP contribution in [-0.2, 0) is 21.2 Å². The Labute approximate surface area is 147 Å². The molecule has 0 radical (unpaired) electrons. The fraction of sp³-hybridized carbons (Fsp3) is 0.353. The van der Waals surface area contributed by atoms with E-state index < -0.39 is 10.0 Å². The second-order valence-corrected chi connectivity index (χ2v) is 8.30. The van der Waals surface area contributed by atoms with Crippen molar-refractivity contribution in [1.82, 2.24) is 5.32 Å². The van der Waals surface area contributed by atoms with Crippen LogP contribution in [0.5, 0.6) is 0 Å². The predicted molar refractivity (Wildman–Crippen MR) is 98.7 cm³/mol. The monoisotopic (exact) mass is 366 g/mol. The lowest BCUT2D eigenvalue weighted by Gasteiger charge is -2.09. The van der Waals surface area contributed by atoms with Crippen LogP contribution in [0.1, 0.15) is 24.1 Å². The first-order chi connectivity index (χ1) is 11.6. The highest BCUT2D eigenvalue weighted by molar-refractivity contribution is 7.92. The standard InChI is InChI=1S/C17H22N2O3S2/c20-17(11-5-4-9-16-10-6-13-23-16)18-12-14-24(21,22)19-15-7-2-1-3-8-15/h1-3,6-8,10,13,19H,4-5,9,11-12,14H2,(H,18,20). The van der Waals surface area contributed by atoms with Crippen LogP contribution < -0.4 is 10.0 Å². The molecule has 1 aromatic heterocycles. The molecule has 1 aromatic carbocycles. The van der Waals surface area contributed by atoms with Crippen LogP contribution in [0.2, 0.25) is 0 Å². The van der Waals surface area contributed by atoms with Crippen LogP contribution in [-0.4, -0.2) is 26.6 Å². The number of carbonyl (C=O) groups is 1. The van der Waals surface area contributed by atoms with Gasteiger partial charge in [-0.25, -0.2) is 8.42 Å². The van der Waals surface area contributed by atoms with Crippen molar-refractivity contribution in [3.05, 3.63) is 52.7 Å². The molecular formula is C17H22N2O3S2. The van der Waals surface area contributed by atoms with E-state index in [4.69, 9.17) is 0 Å². The normalized spacial score (nSPS) is 11.2. The number of para-hydroxylation sites is 1. The largest absolute Gasteiger partial charge is 0.355 e. The summed E-state index contributed by atoms with van der Waals surface area (Å²) in [6.07, 6.45) is 3.18. The number of nitrogens with one attached hydrogen (secondary N) is 2. The average molecular weight is 367 g/mol. The highest BCUT2D eigenvalue weighted by Crippen LogP contribution is 2.12.